The fourth-order valence-electron chi connectivity index (χ4n) is 3.63. The molecule has 0 amide bonds. The van der Waals surface area contributed by atoms with Crippen LogP contribution >= 0.6 is 0 Å². The summed E-state index contributed by atoms with van der Waals surface area (Å²) in [4.78, 5) is 2.50. The Morgan fingerprint density at radius 3 is 2.42 bits per heavy atom. The van der Waals surface area contributed by atoms with Crippen LogP contribution in [0.25, 0.3) is 0 Å². The fraction of sp³-hybridized carbons (Fsp3) is 0.941. The minimum Gasteiger partial charge on any atom is -0.302 e. The molecule has 2 fully saturated rings. The van der Waals surface area contributed by atoms with Crippen LogP contribution in [0, 0.1) is 34.5 Å². The first kappa shape index (κ1) is 14.9. The topological polar surface area (TPSA) is 27.0 Å². The summed E-state index contributed by atoms with van der Waals surface area (Å²) < 4.78 is 0. The van der Waals surface area contributed by atoms with Gasteiger partial charge >= 0.3 is 0 Å². The molecule has 0 bridgehead atoms. The Morgan fingerprint density at radius 1 is 1.21 bits per heavy atom. The van der Waals surface area contributed by atoms with Gasteiger partial charge in [-0.2, -0.15) is 5.26 Å². The van der Waals surface area contributed by atoms with E-state index >= 15 is 0 Å². The van der Waals surface area contributed by atoms with Gasteiger partial charge in [-0.05, 0) is 56.4 Å². The lowest BCUT2D eigenvalue weighted by Gasteiger charge is -2.44. The molecule has 0 aromatic rings. The highest BCUT2D eigenvalue weighted by atomic mass is 15.1. The van der Waals surface area contributed by atoms with Gasteiger partial charge < -0.3 is 4.90 Å². The quantitative estimate of drug-likeness (QED) is 0.746. The van der Waals surface area contributed by atoms with Crippen molar-refractivity contribution < 1.29 is 0 Å². The lowest BCUT2D eigenvalue weighted by molar-refractivity contribution is 0.0626. The van der Waals surface area contributed by atoms with E-state index in [1.807, 2.05) is 0 Å². The summed E-state index contributed by atoms with van der Waals surface area (Å²) in [6, 6.07) is 3.07. The zero-order chi connectivity index (χ0) is 14.0. The van der Waals surface area contributed by atoms with Gasteiger partial charge in [0.2, 0.25) is 0 Å². The lowest BCUT2D eigenvalue weighted by atomic mass is 9.66. The molecule has 0 spiro atoms. The van der Waals surface area contributed by atoms with Gasteiger partial charge in [0.15, 0.2) is 0 Å². The summed E-state index contributed by atoms with van der Waals surface area (Å²) in [5, 5.41) is 9.43. The molecule has 3 unspecified atom stereocenters. The van der Waals surface area contributed by atoms with Crippen molar-refractivity contribution >= 4 is 0 Å². The minimum atomic E-state index is 0.257. The van der Waals surface area contributed by atoms with Gasteiger partial charge in [0.25, 0.3) is 0 Å². The first-order valence-electron chi connectivity index (χ1n) is 8.07. The maximum atomic E-state index is 9.43. The molecule has 3 atom stereocenters. The van der Waals surface area contributed by atoms with E-state index in [0.29, 0.717) is 11.5 Å². The second-order valence-corrected chi connectivity index (χ2v) is 7.54. The van der Waals surface area contributed by atoms with E-state index in [1.54, 1.807) is 0 Å². The van der Waals surface area contributed by atoms with Crippen molar-refractivity contribution in [1.82, 2.24) is 4.90 Å². The fourth-order valence-corrected chi connectivity index (χ4v) is 3.63. The number of nitriles is 1. The second-order valence-electron chi connectivity index (χ2n) is 7.54. The molecular weight excluding hydrogens is 232 g/mol. The van der Waals surface area contributed by atoms with Crippen LogP contribution in [0.2, 0.25) is 0 Å². The summed E-state index contributed by atoms with van der Waals surface area (Å²) in [6.07, 6.45) is 7.61. The van der Waals surface area contributed by atoms with E-state index in [1.165, 1.54) is 38.6 Å². The van der Waals surface area contributed by atoms with Crippen LogP contribution in [0.1, 0.15) is 59.3 Å². The van der Waals surface area contributed by atoms with Crippen molar-refractivity contribution in [3.63, 3.8) is 0 Å². The van der Waals surface area contributed by atoms with Gasteiger partial charge in [-0.15, -0.1) is 0 Å². The Bertz CT molecular complexity index is 338. The van der Waals surface area contributed by atoms with Gasteiger partial charge in [-0.3, -0.25) is 0 Å². The Kier molecular flexibility index (Phi) is 4.56. The predicted molar refractivity (Wildman–Crippen MR) is 79.7 cm³/mol. The molecule has 0 aromatic heterocycles. The highest BCUT2D eigenvalue weighted by Crippen LogP contribution is 2.43. The summed E-state index contributed by atoms with van der Waals surface area (Å²) in [6.45, 7) is 8.33. The van der Waals surface area contributed by atoms with E-state index in [-0.39, 0.29) is 5.92 Å². The highest BCUT2D eigenvalue weighted by molar-refractivity contribution is 4.99. The third-order valence-electron chi connectivity index (χ3n) is 5.81. The maximum absolute atomic E-state index is 9.43. The van der Waals surface area contributed by atoms with Crippen LogP contribution in [-0.4, -0.2) is 24.5 Å². The van der Waals surface area contributed by atoms with Crippen molar-refractivity contribution in [2.75, 3.05) is 13.6 Å². The third kappa shape index (κ3) is 3.51. The molecule has 0 aromatic carbocycles. The summed E-state index contributed by atoms with van der Waals surface area (Å²) in [5.74, 6) is 1.96. The van der Waals surface area contributed by atoms with Crippen LogP contribution < -0.4 is 0 Å². The van der Waals surface area contributed by atoms with E-state index in [4.69, 9.17) is 0 Å². The van der Waals surface area contributed by atoms with E-state index < -0.39 is 0 Å². The Labute approximate surface area is 119 Å². The molecule has 2 rings (SSSR count). The number of rotatable bonds is 5. The van der Waals surface area contributed by atoms with Crippen LogP contribution in [0.5, 0.6) is 0 Å². The first-order chi connectivity index (χ1) is 8.97. The zero-order valence-corrected chi connectivity index (χ0v) is 13.2. The van der Waals surface area contributed by atoms with Gasteiger partial charge in [0.1, 0.15) is 0 Å². The number of hydrogen-bond donors (Lipinski definition) is 0. The van der Waals surface area contributed by atoms with Crippen LogP contribution in [0.4, 0.5) is 0 Å². The molecule has 0 heterocycles. The maximum Gasteiger partial charge on any atom is 0.0672 e. The molecular formula is C17H30N2. The average molecular weight is 262 g/mol. The molecule has 2 aliphatic rings. The zero-order valence-electron chi connectivity index (χ0n) is 13.2. The standard InChI is InChI=1S/C17H30N2/c1-5-17(2,3)15-9-8-14(11-18)16(10-15)19(4)12-13-6-7-13/h13-16H,5-10,12H2,1-4H3. The van der Waals surface area contributed by atoms with Crippen molar-refractivity contribution in [3.8, 4) is 6.07 Å². The van der Waals surface area contributed by atoms with Gasteiger partial charge in [-0.1, -0.05) is 27.2 Å². The van der Waals surface area contributed by atoms with Crippen molar-refractivity contribution in [2.45, 2.75) is 65.3 Å². The van der Waals surface area contributed by atoms with Gasteiger partial charge in [0, 0.05) is 12.6 Å². The van der Waals surface area contributed by atoms with Crippen LogP contribution in [-0.2, 0) is 0 Å². The minimum absolute atomic E-state index is 0.257. The summed E-state index contributed by atoms with van der Waals surface area (Å²) >= 11 is 0. The number of hydrogen-bond acceptors (Lipinski definition) is 2. The molecule has 19 heavy (non-hydrogen) atoms. The molecule has 2 aliphatic carbocycles. The lowest BCUT2D eigenvalue weighted by Crippen LogP contribution is -2.45. The van der Waals surface area contributed by atoms with Crippen LogP contribution in [0.15, 0.2) is 0 Å². The third-order valence-corrected chi connectivity index (χ3v) is 5.81. The monoisotopic (exact) mass is 262 g/mol. The molecule has 2 saturated carbocycles. The molecule has 0 aliphatic heterocycles. The molecule has 0 saturated heterocycles. The number of nitrogens with zero attached hydrogens (tertiary/aromatic N) is 2. The molecule has 2 heteroatoms. The first-order valence-corrected chi connectivity index (χ1v) is 8.07. The van der Waals surface area contributed by atoms with Crippen LogP contribution in [0.3, 0.4) is 0 Å². The summed E-state index contributed by atoms with van der Waals surface area (Å²) in [5.41, 5.74) is 0.430. The van der Waals surface area contributed by atoms with Crippen molar-refractivity contribution in [3.05, 3.63) is 0 Å². The second kappa shape index (κ2) is 5.83. The van der Waals surface area contributed by atoms with Gasteiger partial charge in [-0.25, -0.2) is 0 Å². The molecule has 108 valence electrons. The van der Waals surface area contributed by atoms with Crippen molar-refractivity contribution in [1.29, 1.82) is 5.26 Å². The van der Waals surface area contributed by atoms with E-state index in [9.17, 15) is 5.26 Å². The SMILES string of the molecule is CCC(C)(C)C1CCC(C#N)C(N(C)CC2CC2)C1. The normalized spacial score (nSPS) is 32.3. The molecule has 0 N–H and O–H groups in total. The Morgan fingerprint density at radius 2 is 1.89 bits per heavy atom. The largest absolute Gasteiger partial charge is 0.302 e. The average Bonchev–Trinajstić information content (AvgIpc) is 3.21. The Balaban J connectivity index is 2.01. The highest BCUT2D eigenvalue weighted by Gasteiger charge is 2.39. The summed E-state index contributed by atoms with van der Waals surface area (Å²) in [7, 11) is 2.24. The predicted octanol–water partition coefficient (Wildman–Crippen LogP) is 4.07. The molecule has 2 nitrogen and oxygen atoms in total. The van der Waals surface area contributed by atoms with Crippen molar-refractivity contribution in [2.24, 2.45) is 23.2 Å². The molecule has 0 radical (unpaired) electrons. The smallest absolute Gasteiger partial charge is 0.0672 e. The van der Waals surface area contributed by atoms with E-state index in [2.05, 4.69) is 38.8 Å². The van der Waals surface area contributed by atoms with Gasteiger partial charge in [0.05, 0.1) is 12.0 Å². The van der Waals surface area contributed by atoms with E-state index in [0.717, 1.165) is 18.3 Å². The Hall–Kier alpha value is -0.550.